The van der Waals surface area contributed by atoms with Gasteiger partial charge in [-0.05, 0) is 37.6 Å². The number of piperidine rings is 1. The van der Waals surface area contributed by atoms with Gasteiger partial charge in [0.25, 0.3) is 0 Å². The minimum Gasteiger partial charge on any atom is -0.361 e. The molecular formula is C18H20N4OS. The van der Waals surface area contributed by atoms with E-state index in [1.54, 1.807) is 0 Å². The molecule has 1 amide bonds. The number of benzene rings is 1. The third-order valence-corrected chi connectivity index (χ3v) is 5.33. The lowest BCUT2D eigenvalue weighted by molar-refractivity contribution is -0.115. The van der Waals surface area contributed by atoms with Gasteiger partial charge in [0.05, 0.1) is 12.1 Å². The Kier molecular flexibility index (Phi) is 4.32. The number of amides is 1. The minimum atomic E-state index is -0.0223. The summed E-state index contributed by atoms with van der Waals surface area (Å²) in [7, 11) is 0. The molecule has 0 radical (unpaired) electrons. The molecule has 1 fully saturated rings. The number of H-pyrrole nitrogens is 1. The topological polar surface area (TPSA) is 69.8 Å². The number of nitrogens with one attached hydrogen (secondary N) is 3. The number of hydrogen-bond acceptors (Lipinski definition) is 4. The maximum Gasteiger partial charge on any atom is 0.230 e. The number of fused-ring (bicyclic) bond motifs is 1. The Morgan fingerprint density at radius 1 is 1.29 bits per heavy atom. The first-order valence-electron chi connectivity index (χ1n) is 8.30. The maximum atomic E-state index is 12.3. The fourth-order valence-corrected chi connectivity index (χ4v) is 4.07. The molecular weight excluding hydrogens is 320 g/mol. The van der Waals surface area contributed by atoms with Crippen LogP contribution in [0.15, 0.2) is 35.8 Å². The molecule has 1 aliphatic rings. The van der Waals surface area contributed by atoms with E-state index in [4.69, 9.17) is 0 Å². The normalized spacial score (nSPS) is 15.7. The summed E-state index contributed by atoms with van der Waals surface area (Å²) in [5, 5.41) is 10.2. The maximum absolute atomic E-state index is 12.3. The third kappa shape index (κ3) is 3.20. The van der Waals surface area contributed by atoms with Crippen LogP contribution < -0.4 is 10.6 Å². The van der Waals surface area contributed by atoms with Crippen LogP contribution in [0.1, 0.15) is 30.0 Å². The lowest BCUT2D eigenvalue weighted by atomic mass is 9.96. The van der Waals surface area contributed by atoms with E-state index in [0.717, 1.165) is 48.1 Å². The first-order valence-corrected chi connectivity index (χ1v) is 9.18. The van der Waals surface area contributed by atoms with Crippen molar-refractivity contribution < 1.29 is 4.79 Å². The molecule has 2 aromatic heterocycles. The zero-order valence-corrected chi connectivity index (χ0v) is 14.2. The van der Waals surface area contributed by atoms with Gasteiger partial charge < -0.3 is 15.6 Å². The Bertz CT molecular complexity index is 847. The van der Waals surface area contributed by atoms with Crippen molar-refractivity contribution in [2.75, 3.05) is 18.4 Å². The van der Waals surface area contributed by atoms with Crippen molar-refractivity contribution in [3.8, 4) is 0 Å². The lowest BCUT2D eigenvalue weighted by Crippen LogP contribution is -2.26. The molecule has 1 saturated heterocycles. The second-order valence-corrected chi connectivity index (χ2v) is 7.04. The largest absolute Gasteiger partial charge is 0.361 e. The zero-order valence-electron chi connectivity index (χ0n) is 13.3. The van der Waals surface area contributed by atoms with Crippen LogP contribution in [-0.2, 0) is 11.2 Å². The summed E-state index contributed by atoms with van der Waals surface area (Å²) in [4.78, 5) is 20.2. The molecule has 0 atom stereocenters. The lowest BCUT2D eigenvalue weighted by Gasteiger charge is -2.20. The van der Waals surface area contributed by atoms with Crippen LogP contribution in [0.5, 0.6) is 0 Å². The highest BCUT2D eigenvalue weighted by Crippen LogP contribution is 2.28. The summed E-state index contributed by atoms with van der Waals surface area (Å²) in [6, 6.07) is 8.03. The molecule has 0 saturated carbocycles. The number of anilines is 1. The van der Waals surface area contributed by atoms with Crippen molar-refractivity contribution in [2.24, 2.45) is 0 Å². The number of nitrogens with zero attached hydrogens (tertiary/aromatic N) is 1. The summed E-state index contributed by atoms with van der Waals surface area (Å²) in [5.74, 6) is 0.493. The van der Waals surface area contributed by atoms with E-state index in [2.05, 4.69) is 26.0 Å². The highest BCUT2D eigenvalue weighted by atomic mass is 32.1. The highest BCUT2D eigenvalue weighted by Gasteiger charge is 2.18. The monoisotopic (exact) mass is 340 g/mol. The molecule has 3 heterocycles. The van der Waals surface area contributed by atoms with Gasteiger partial charge in [-0.25, -0.2) is 4.98 Å². The zero-order chi connectivity index (χ0) is 16.4. The van der Waals surface area contributed by atoms with Crippen molar-refractivity contribution in [1.29, 1.82) is 0 Å². The molecule has 0 unspecified atom stereocenters. The van der Waals surface area contributed by atoms with Crippen LogP contribution in [0.25, 0.3) is 10.9 Å². The van der Waals surface area contributed by atoms with Crippen LogP contribution in [-0.4, -0.2) is 29.0 Å². The Hall–Kier alpha value is -2.18. The van der Waals surface area contributed by atoms with E-state index in [0.29, 0.717) is 17.5 Å². The fraction of sp³-hybridized carbons (Fsp3) is 0.333. The van der Waals surface area contributed by atoms with E-state index in [1.807, 2.05) is 30.5 Å². The van der Waals surface area contributed by atoms with Crippen LogP contribution in [0.4, 0.5) is 5.13 Å². The minimum absolute atomic E-state index is 0.0223. The number of carbonyl (C=O) groups excluding carboxylic acids is 1. The van der Waals surface area contributed by atoms with Crippen LogP contribution >= 0.6 is 11.3 Å². The molecule has 0 spiro atoms. The molecule has 6 heteroatoms. The van der Waals surface area contributed by atoms with E-state index in [9.17, 15) is 4.79 Å². The number of thiazole rings is 1. The average Bonchev–Trinajstić information content (AvgIpc) is 3.23. The summed E-state index contributed by atoms with van der Waals surface area (Å²) in [5.41, 5.74) is 3.19. The first-order chi connectivity index (χ1) is 11.8. The Morgan fingerprint density at radius 3 is 3.00 bits per heavy atom. The van der Waals surface area contributed by atoms with Crippen molar-refractivity contribution in [3.05, 3.63) is 47.1 Å². The standard InChI is InChI=1S/C18H20N4OS/c23-17(9-13-10-20-15-4-2-1-3-14(13)15)22-18-21-16(11-24-18)12-5-7-19-8-6-12/h1-4,10-12,19-20H,5-9H2,(H,21,22,23). The third-order valence-electron chi connectivity index (χ3n) is 4.55. The SMILES string of the molecule is O=C(Cc1c[nH]c2ccccc12)Nc1nc(C2CCNCC2)cs1. The molecule has 3 N–H and O–H groups in total. The summed E-state index contributed by atoms with van der Waals surface area (Å²) >= 11 is 1.52. The van der Waals surface area contributed by atoms with Gasteiger partial charge in [-0.2, -0.15) is 0 Å². The summed E-state index contributed by atoms with van der Waals surface area (Å²) in [6.07, 6.45) is 4.50. The van der Waals surface area contributed by atoms with E-state index in [-0.39, 0.29) is 5.91 Å². The van der Waals surface area contributed by atoms with Crippen LogP contribution in [0, 0.1) is 0 Å². The number of rotatable bonds is 4. The van der Waals surface area contributed by atoms with Gasteiger partial charge in [-0.1, -0.05) is 18.2 Å². The number of aromatic amines is 1. The number of aromatic nitrogens is 2. The predicted molar refractivity (Wildman–Crippen MR) is 97.6 cm³/mol. The average molecular weight is 340 g/mol. The van der Waals surface area contributed by atoms with Gasteiger partial charge in [0.15, 0.2) is 5.13 Å². The van der Waals surface area contributed by atoms with Crippen molar-refractivity contribution >= 4 is 33.3 Å². The number of para-hydroxylation sites is 1. The van der Waals surface area contributed by atoms with Gasteiger partial charge in [0.2, 0.25) is 5.91 Å². The first kappa shape index (κ1) is 15.4. The molecule has 124 valence electrons. The Balaban J connectivity index is 1.42. The van der Waals surface area contributed by atoms with Crippen molar-refractivity contribution in [3.63, 3.8) is 0 Å². The van der Waals surface area contributed by atoms with Crippen molar-refractivity contribution in [1.82, 2.24) is 15.3 Å². The quantitative estimate of drug-likeness (QED) is 0.683. The van der Waals surface area contributed by atoms with Crippen LogP contribution in [0.3, 0.4) is 0 Å². The Morgan fingerprint density at radius 2 is 2.12 bits per heavy atom. The molecule has 0 bridgehead atoms. The van der Waals surface area contributed by atoms with E-state index >= 15 is 0 Å². The molecule has 3 aromatic rings. The molecule has 5 nitrogen and oxygen atoms in total. The molecule has 24 heavy (non-hydrogen) atoms. The van der Waals surface area contributed by atoms with Gasteiger partial charge in [-0.3, -0.25) is 4.79 Å². The number of hydrogen-bond donors (Lipinski definition) is 3. The molecule has 1 aromatic carbocycles. The summed E-state index contributed by atoms with van der Waals surface area (Å²) < 4.78 is 0. The van der Waals surface area contributed by atoms with Crippen LogP contribution in [0.2, 0.25) is 0 Å². The second kappa shape index (κ2) is 6.75. The smallest absolute Gasteiger partial charge is 0.230 e. The Labute approximate surface area is 144 Å². The van der Waals surface area contributed by atoms with Gasteiger partial charge in [-0.15, -0.1) is 11.3 Å². The molecule has 0 aliphatic carbocycles. The van der Waals surface area contributed by atoms with Gasteiger partial charge >= 0.3 is 0 Å². The van der Waals surface area contributed by atoms with E-state index in [1.165, 1.54) is 11.3 Å². The van der Waals surface area contributed by atoms with Gasteiger partial charge in [0, 0.05) is 28.4 Å². The second-order valence-electron chi connectivity index (χ2n) is 6.19. The fourth-order valence-electron chi connectivity index (χ4n) is 3.26. The summed E-state index contributed by atoms with van der Waals surface area (Å²) in [6.45, 7) is 2.09. The van der Waals surface area contributed by atoms with E-state index < -0.39 is 0 Å². The predicted octanol–water partition coefficient (Wildman–Crippen LogP) is 3.27. The molecule has 4 rings (SSSR count). The highest BCUT2D eigenvalue weighted by molar-refractivity contribution is 7.13. The van der Waals surface area contributed by atoms with Gasteiger partial charge in [0.1, 0.15) is 0 Å². The van der Waals surface area contributed by atoms with Crippen molar-refractivity contribution in [2.45, 2.75) is 25.2 Å². The number of carbonyl (C=O) groups is 1. The molecule has 1 aliphatic heterocycles.